The Morgan fingerprint density at radius 2 is 1.64 bits per heavy atom. The number of likely N-dealkylation sites (N-methyl/N-ethyl adjacent to an activating group) is 1. The lowest BCUT2D eigenvalue weighted by Crippen LogP contribution is -2.49. The highest BCUT2D eigenvalue weighted by Crippen LogP contribution is 2.24. The molecule has 0 bridgehead atoms. The molecular weight excluding hydrogens is 336 g/mol. The van der Waals surface area contributed by atoms with Gasteiger partial charge in [-0.2, -0.15) is 0 Å². The summed E-state index contributed by atoms with van der Waals surface area (Å²) in [7, 11) is 2.89. The van der Waals surface area contributed by atoms with Crippen LogP contribution in [-0.2, 0) is 10.0 Å². The first-order valence-corrected chi connectivity index (χ1v) is 10.4. The van der Waals surface area contributed by atoms with Crippen LogP contribution in [0.1, 0.15) is 25.5 Å². The van der Waals surface area contributed by atoms with Crippen LogP contribution >= 0.6 is 0 Å². The average Bonchev–Trinajstić information content (AvgIpc) is 2.57. The Balaban J connectivity index is 2.19. The number of benzene rings is 1. The third-order valence-corrected chi connectivity index (χ3v) is 6.68. The highest BCUT2D eigenvalue weighted by molar-refractivity contribution is 7.90. The minimum absolute atomic E-state index is 0.0541. The molecule has 0 aliphatic carbocycles. The smallest absolute Gasteiger partial charge is 0.213 e. The summed E-state index contributed by atoms with van der Waals surface area (Å²) >= 11 is 0. The molecule has 1 heterocycles. The molecule has 0 unspecified atom stereocenters. The lowest BCUT2D eigenvalue weighted by molar-refractivity contribution is 0.113. The normalized spacial score (nSPS) is 18.5. The number of hydrogen-bond acceptors (Lipinski definition) is 5. The van der Waals surface area contributed by atoms with Crippen LogP contribution in [0.4, 0.5) is 5.69 Å². The van der Waals surface area contributed by atoms with Crippen molar-refractivity contribution in [3.63, 3.8) is 0 Å². The molecule has 142 valence electrons. The van der Waals surface area contributed by atoms with Crippen molar-refractivity contribution in [2.45, 2.75) is 25.1 Å². The number of nitrogens with zero attached hydrogens (tertiary/aromatic N) is 3. The molecular formula is C18H32N4O2S. The van der Waals surface area contributed by atoms with Crippen molar-refractivity contribution in [2.24, 2.45) is 0 Å². The third-order valence-electron chi connectivity index (χ3n) is 4.87. The van der Waals surface area contributed by atoms with Gasteiger partial charge in [-0.25, -0.2) is 13.1 Å². The fraction of sp³-hybridized carbons (Fsp3) is 0.667. The number of rotatable bonds is 7. The molecule has 1 saturated heterocycles. The van der Waals surface area contributed by atoms with E-state index in [4.69, 9.17) is 0 Å². The van der Waals surface area contributed by atoms with Gasteiger partial charge in [0.05, 0.1) is 5.25 Å². The second-order valence-electron chi connectivity index (χ2n) is 7.28. The van der Waals surface area contributed by atoms with E-state index < -0.39 is 15.3 Å². The Kier molecular flexibility index (Phi) is 6.85. The molecule has 1 aromatic rings. The summed E-state index contributed by atoms with van der Waals surface area (Å²) in [4.78, 5) is 6.75. The quantitative estimate of drug-likeness (QED) is 0.788. The lowest BCUT2D eigenvalue weighted by atomic mass is 10.0. The van der Waals surface area contributed by atoms with Gasteiger partial charge in [-0.3, -0.25) is 4.90 Å². The van der Waals surface area contributed by atoms with Gasteiger partial charge in [0.15, 0.2) is 0 Å². The van der Waals surface area contributed by atoms with E-state index in [1.165, 1.54) is 0 Å². The topological polar surface area (TPSA) is 55.9 Å². The van der Waals surface area contributed by atoms with E-state index in [0.717, 1.165) is 37.4 Å². The van der Waals surface area contributed by atoms with Gasteiger partial charge in [0.25, 0.3) is 0 Å². The molecule has 2 rings (SSSR count). The molecule has 0 spiro atoms. The Bertz CT molecular complexity index is 636. The number of piperazine rings is 1. The third kappa shape index (κ3) is 5.41. The number of anilines is 1. The molecule has 1 aliphatic heterocycles. The second-order valence-corrected chi connectivity index (χ2v) is 9.60. The molecule has 1 N–H and O–H groups in total. The lowest BCUT2D eigenvalue weighted by Gasteiger charge is -2.38. The zero-order chi connectivity index (χ0) is 18.6. The molecule has 7 heteroatoms. The minimum atomic E-state index is -3.27. The summed E-state index contributed by atoms with van der Waals surface area (Å²) in [6.07, 6.45) is 0. The van der Waals surface area contributed by atoms with Gasteiger partial charge < -0.3 is 9.80 Å². The van der Waals surface area contributed by atoms with Crippen molar-refractivity contribution in [3.05, 3.63) is 29.8 Å². The number of hydrogen-bond donors (Lipinski definition) is 1. The van der Waals surface area contributed by atoms with Gasteiger partial charge in [-0.15, -0.1) is 0 Å². The highest BCUT2D eigenvalue weighted by Gasteiger charge is 2.26. The van der Waals surface area contributed by atoms with E-state index in [0.29, 0.717) is 6.54 Å². The van der Waals surface area contributed by atoms with Gasteiger partial charge in [0, 0.05) is 58.5 Å². The summed E-state index contributed by atoms with van der Waals surface area (Å²) in [5, 5.41) is -0.420. The molecule has 0 radical (unpaired) electrons. The van der Waals surface area contributed by atoms with Crippen LogP contribution < -0.4 is 9.62 Å². The first kappa shape index (κ1) is 20.2. The van der Waals surface area contributed by atoms with Gasteiger partial charge in [-0.1, -0.05) is 12.1 Å². The zero-order valence-corrected chi connectivity index (χ0v) is 16.9. The van der Waals surface area contributed by atoms with Crippen LogP contribution in [0, 0.1) is 0 Å². The van der Waals surface area contributed by atoms with Crippen molar-refractivity contribution >= 4 is 15.7 Å². The second kappa shape index (κ2) is 8.49. The van der Waals surface area contributed by atoms with Crippen molar-refractivity contribution in [3.8, 4) is 0 Å². The maximum Gasteiger partial charge on any atom is 0.213 e. The molecule has 1 atom stereocenters. The van der Waals surface area contributed by atoms with Crippen LogP contribution in [0.15, 0.2) is 24.3 Å². The highest BCUT2D eigenvalue weighted by atomic mass is 32.2. The Morgan fingerprint density at radius 1 is 1.08 bits per heavy atom. The van der Waals surface area contributed by atoms with Gasteiger partial charge >= 0.3 is 0 Å². The SMILES string of the molecule is CC(C)S(=O)(=O)NC[C@H](c1ccc(N(C)C)cc1)N1CCN(C)CC1. The maximum absolute atomic E-state index is 12.2. The predicted octanol–water partition coefficient (Wildman–Crippen LogP) is 1.37. The number of nitrogens with one attached hydrogen (secondary N) is 1. The first-order valence-electron chi connectivity index (χ1n) is 8.89. The Morgan fingerprint density at radius 3 is 2.12 bits per heavy atom. The van der Waals surface area contributed by atoms with E-state index in [9.17, 15) is 8.42 Å². The monoisotopic (exact) mass is 368 g/mol. The van der Waals surface area contributed by atoms with Crippen LogP contribution in [-0.4, -0.2) is 77.3 Å². The largest absolute Gasteiger partial charge is 0.378 e. The summed E-state index contributed by atoms with van der Waals surface area (Å²) in [6, 6.07) is 8.47. The van der Waals surface area contributed by atoms with Crippen LogP contribution in [0.2, 0.25) is 0 Å². The molecule has 0 aromatic heterocycles. The molecule has 25 heavy (non-hydrogen) atoms. The van der Waals surface area contributed by atoms with Gasteiger partial charge in [-0.05, 0) is 38.6 Å². The standard InChI is InChI=1S/C18H32N4O2S/c1-15(2)25(23,24)19-14-18(22-12-10-21(5)11-13-22)16-6-8-17(9-7-16)20(3)4/h6-9,15,18-19H,10-14H2,1-5H3/t18-/m1/s1. The van der Waals surface area contributed by atoms with Crippen molar-refractivity contribution in [1.29, 1.82) is 0 Å². The zero-order valence-electron chi connectivity index (χ0n) is 16.1. The van der Waals surface area contributed by atoms with Crippen molar-refractivity contribution in [1.82, 2.24) is 14.5 Å². The van der Waals surface area contributed by atoms with E-state index >= 15 is 0 Å². The van der Waals surface area contributed by atoms with E-state index in [1.807, 2.05) is 14.1 Å². The van der Waals surface area contributed by atoms with Crippen LogP contribution in [0.25, 0.3) is 0 Å². The summed E-state index contributed by atoms with van der Waals surface area (Å²) in [6.45, 7) is 7.72. The fourth-order valence-electron chi connectivity index (χ4n) is 2.95. The fourth-order valence-corrected chi connectivity index (χ4v) is 3.67. The van der Waals surface area contributed by atoms with Gasteiger partial charge in [0.1, 0.15) is 0 Å². The maximum atomic E-state index is 12.2. The molecule has 1 fully saturated rings. The van der Waals surface area contributed by atoms with Crippen molar-refractivity contribution in [2.75, 3.05) is 58.8 Å². The van der Waals surface area contributed by atoms with Gasteiger partial charge in [0.2, 0.25) is 10.0 Å². The first-order chi connectivity index (χ1) is 11.7. The molecule has 6 nitrogen and oxygen atoms in total. The predicted molar refractivity (Wildman–Crippen MR) is 105 cm³/mol. The van der Waals surface area contributed by atoms with E-state index in [-0.39, 0.29) is 6.04 Å². The minimum Gasteiger partial charge on any atom is -0.378 e. The Hall–Kier alpha value is -1.15. The van der Waals surface area contributed by atoms with E-state index in [1.54, 1.807) is 13.8 Å². The molecule has 0 amide bonds. The van der Waals surface area contributed by atoms with E-state index in [2.05, 4.69) is 50.7 Å². The molecule has 1 aromatic carbocycles. The summed E-state index contributed by atoms with van der Waals surface area (Å²) < 4.78 is 27.2. The van der Waals surface area contributed by atoms with Crippen LogP contribution in [0.3, 0.4) is 0 Å². The summed E-state index contributed by atoms with van der Waals surface area (Å²) in [5.74, 6) is 0. The van der Waals surface area contributed by atoms with Crippen LogP contribution in [0.5, 0.6) is 0 Å². The van der Waals surface area contributed by atoms with Crippen molar-refractivity contribution < 1.29 is 8.42 Å². The molecule has 0 saturated carbocycles. The molecule has 1 aliphatic rings. The summed E-state index contributed by atoms with van der Waals surface area (Å²) in [5.41, 5.74) is 2.30. The number of sulfonamides is 1. The average molecular weight is 369 g/mol. The Labute approximate surface area is 152 Å².